The average molecular weight is 267 g/mol. The van der Waals surface area contributed by atoms with E-state index in [0.29, 0.717) is 0 Å². The molecule has 1 atom stereocenters. The first-order chi connectivity index (χ1) is 9.38. The predicted octanol–water partition coefficient (Wildman–Crippen LogP) is 2.24. The fourth-order valence-electron chi connectivity index (χ4n) is 2.42. The van der Waals surface area contributed by atoms with Crippen LogP contribution in [-0.4, -0.2) is 29.4 Å². The Morgan fingerprint density at radius 1 is 1.16 bits per heavy atom. The zero-order chi connectivity index (χ0) is 13.3. The summed E-state index contributed by atoms with van der Waals surface area (Å²) in [5.41, 5.74) is 5.46. The predicted molar refractivity (Wildman–Crippen MR) is 72.8 cm³/mol. The average Bonchev–Trinajstić information content (AvgIpc) is 2.87. The molecule has 2 heterocycles. The maximum absolute atomic E-state index is 5.68. The van der Waals surface area contributed by atoms with Gasteiger partial charge < -0.3 is 15.0 Å². The van der Waals surface area contributed by atoms with Crippen molar-refractivity contribution < 1.29 is 9.26 Å². The molecule has 0 spiro atoms. The fourth-order valence-corrected chi connectivity index (χ4v) is 2.42. The van der Waals surface area contributed by atoms with Crippen molar-refractivity contribution in [2.24, 2.45) is 5.73 Å². The van der Waals surface area contributed by atoms with Gasteiger partial charge in [0.25, 0.3) is 0 Å². The molecule has 1 aromatic rings. The Morgan fingerprint density at radius 2 is 2.05 bits per heavy atom. The molecule has 0 aromatic carbocycles. The van der Waals surface area contributed by atoms with Crippen molar-refractivity contribution >= 4 is 0 Å². The SMILES string of the molecule is NCCCCCCc1nc(CC2CCCCO2)no1. The Balaban J connectivity index is 1.66. The Bertz CT molecular complexity index is 348. The molecule has 1 unspecified atom stereocenters. The molecule has 0 bridgehead atoms. The minimum atomic E-state index is 0.281. The summed E-state index contributed by atoms with van der Waals surface area (Å²) in [5.74, 6) is 1.56. The first-order valence-electron chi connectivity index (χ1n) is 7.51. The molecule has 2 N–H and O–H groups in total. The van der Waals surface area contributed by atoms with Gasteiger partial charge in [-0.1, -0.05) is 18.0 Å². The molecular formula is C14H25N3O2. The lowest BCUT2D eigenvalue weighted by atomic mass is 10.1. The monoisotopic (exact) mass is 267 g/mol. The number of ether oxygens (including phenoxy) is 1. The lowest BCUT2D eigenvalue weighted by Crippen LogP contribution is -2.21. The summed E-state index contributed by atoms with van der Waals surface area (Å²) in [5, 5.41) is 4.04. The number of unbranched alkanes of at least 4 members (excludes halogenated alkanes) is 3. The van der Waals surface area contributed by atoms with Gasteiger partial charge in [-0.05, 0) is 38.6 Å². The lowest BCUT2D eigenvalue weighted by molar-refractivity contribution is 0.0153. The quantitative estimate of drug-likeness (QED) is 0.731. The number of rotatable bonds is 8. The van der Waals surface area contributed by atoms with Crippen LogP contribution in [-0.2, 0) is 17.6 Å². The summed E-state index contributed by atoms with van der Waals surface area (Å²) in [6.45, 7) is 1.66. The normalized spacial score (nSPS) is 19.7. The van der Waals surface area contributed by atoms with E-state index in [1.54, 1.807) is 0 Å². The van der Waals surface area contributed by atoms with E-state index in [0.717, 1.165) is 57.0 Å². The number of hydrogen-bond donors (Lipinski definition) is 1. The van der Waals surface area contributed by atoms with E-state index in [1.807, 2.05) is 0 Å². The summed E-state index contributed by atoms with van der Waals surface area (Å²) >= 11 is 0. The van der Waals surface area contributed by atoms with E-state index in [9.17, 15) is 0 Å². The minimum Gasteiger partial charge on any atom is -0.378 e. The van der Waals surface area contributed by atoms with Crippen LogP contribution in [0.25, 0.3) is 0 Å². The molecule has 0 radical (unpaired) electrons. The van der Waals surface area contributed by atoms with Gasteiger partial charge in [0.1, 0.15) is 0 Å². The van der Waals surface area contributed by atoms with E-state index in [-0.39, 0.29) is 6.10 Å². The van der Waals surface area contributed by atoms with Gasteiger partial charge in [-0.25, -0.2) is 0 Å². The van der Waals surface area contributed by atoms with E-state index in [1.165, 1.54) is 25.7 Å². The maximum atomic E-state index is 5.68. The number of hydrogen-bond acceptors (Lipinski definition) is 5. The standard InChI is InChI=1S/C14H25N3O2/c15-9-5-2-1-3-8-14-16-13(17-19-14)11-12-7-4-6-10-18-12/h12H,1-11,15H2. The van der Waals surface area contributed by atoms with E-state index >= 15 is 0 Å². The molecule has 1 aliphatic heterocycles. The summed E-state index contributed by atoms with van der Waals surface area (Å²) in [6, 6.07) is 0. The van der Waals surface area contributed by atoms with Crippen LogP contribution < -0.4 is 5.73 Å². The van der Waals surface area contributed by atoms with Crippen molar-refractivity contribution in [3.8, 4) is 0 Å². The zero-order valence-electron chi connectivity index (χ0n) is 11.6. The molecule has 1 saturated heterocycles. The van der Waals surface area contributed by atoms with Gasteiger partial charge in [-0.2, -0.15) is 4.98 Å². The van der Waals surface area contributed by atoms with Gasteiger partial charge in [0.2, 0.25) is 5.89 Å². The lowest BCUT2D eigenvalue weighted by Gasteiger charge is -2.20. The highest BCUT2D eigenvalue weighted by molar-refractivity contribution is 4.89. The van der Waals surface area contributed by atoms with E-state index in [4.69, 9.17) is 15.0 Å². The minimum absolute atomic E-state index is 0.281. The van der Waals surface area contributed by atoms with Crippen molar-refractivity contribution in [1.82, 2.24) is 10.1 Å². The van der Waals surface area contributed by atoms with Crippen LogP contribution in [0, 0.1) is 0 Å². The third kappa shape index (κ3) is 5.28. The van der Waals surface area contributed by atoms with Crippen molar-refractivity contribution in [1.29, 1.82) is 0 Å². The van der Waals surface area contributed by atoms with E-state index < -0.39 is 0 Å². The first-order valence-corrected chi connectivity index (χ1v) is 7.51. The molecule has 5 nitrogen and oxygen atoms in total. The number of nitrogens with two attached hydrogens (primary N) is 1. The molecule has 108 valence electrons. The smallest absolute Gasteiger partial charge is 0.226 e. The van der Waals surface area contributed by atoms with Crippen molar-refractivity contribution in [3.63, 3.8) is 0 Å². The van der Waals surface area contributed by atoms with Crippen molar-refractivity contribution in [2.45, 2.75) is 63.9 Å². The zero-order valence-corrected chi connectivity index (χ0v) is 11.6. The second kappa shape index (κ2) is 8.27. The highest BCUT2D eigenvalue weighted by Crippen LogP contribution is 2.16. The van der Waals surface area contributed by atoms with Gasteiger partial charge in [0.05, 0.1) is 6.10 Å². The van der Waals surface area contributed by atoms with Gasteiger partial charge in [-0.15, -0.1) is 0 Å². The molecule has 1 aromatic heterocycles. The molecule has 0 amide bonds. The molecule has 2 rings (SSSR count). The number of aryl methyl sites for hydroxylation is 1. The largest absolute Gasteiger partial charge is 0.378 e. The Hall–Kier alpha value is -0.940. The molecule has 0 saturated carbocycles. The van der Waals surface area contributed by atoms with Gasteiger partial charge in [0, 0.05) is 19.4 Å². The van der Waals surface area contributed by atoms with Crippen LogP contribution in [0.15, 0.2) is 4.52 Å². The van der Waals surface area contributed by atoms with Crippen molar-refractivity contribution in [3.05, 3.63) is 11.7 Å². The van der Waals surface area contributed by atoms with Gasteiger partial charge in [0.15, 0.2) is 5.82 Å². The van der Waals surface area contributed by atoms with Crippen LogP contribution >= 0.6 is 0 Å². The summed E-state index contributed by atoms with van der Waals surface area (Å²) in [7, 11) is 0. The highest BCUT2D eigenvalue weighted by Gasteiger charge is 2.17. The summed E-state index contributed by atoms with van der Waals surface area (Å²) in [6.07, 6.45) is 10.1. The Labute approximate surface area is 114 Å². The number of aromatic nitrogens is 2. The third-order valence-corrected chi connectivity index (χ3v) is 3.54. The maximum Gasteiger partial charge on any atom is 0.226 e. The summed E-state index contributed by atoms with van der Waals surface area (Å²) in [4.78, 5) is 4.44. The third-order valence-electron chi connectivity index (χ3n) is 3.54. The molecule has 1 aliphatic rings. The second-order valence-electron chi connectivity index (χ2n) is 5.25. The Kier molecular flexibility index (Phi) is 6.30. The molecule has 1 fully saturated rings. The van der Waals surface area contributed by atoms with Crippen LogP contribution in [0.2, 0.25) is 0 Å². The molecule has 5 heteroatoms. The van der Waals surface area contributed by atoms with Gasteiger partial charge in [-0.3, -0.25) is 0 Å². The second-order valence-corrected chi connectivity index (χ2v) is 5.25. The fraction of sp³-hybridized carbons (Fsp3) is 0.857. The number of nitrogens with zero attached hydrogens (tertiary/aromatic N) is 2. The molecule has 19 heavy (non-hydrogen) atoms. The first kappa shape index (κ1) is 14.5. The molecular weight excluding hydrogens is 242 g/mol. The van der Waals surface area contributed by atoms with Gasteiger partial charge >= 0.3 is 0 Å². The van der Waals surface area contributed by atoms with Crippen LogP contribution in [0.5, 0.6) is 0 Å². The van der Waals surface area contributed by atoms with Crippen LogP contribution in [0.1, 0.15) is 56.7 Å². The summed E-state index contributed by atoms with van der Waals surface area (Å²) < 4.78 is 11.0. The van der Waals surface area contributed by atoms with Crippen LogP contribution in [0.3, 0.4) is 0 Å². The topological polar surface area (TPSA) is 74.2 Å². The molecule has 0 aliphatic carbocycles. The van der Waals surface area contributed by atoms with Crippen molar-refractivity contribution in [2.75, 3.05) is 13.2 Å². The highest BCUT2D eigenvalue weighted by atomic mass is 16.5. The van der Waals surface area contributed by atoms with Crippen LogP contribution in [0.4, 0.5) is 0 Å². The Morgan fingerprint density at radius 3 is 2.84 bits per heavy atom. The van der Waals surface area contributed by atoms with E-state index in [2.05, 4.69) is 10.1 Å².